The molecule has 0 aromatic carbocycles. The van der Waals surface area contributed by atoms with Crippen molar-refractivity contribution in [1.82, 2.24) is 10.3 Å². The van der Waals surface area contributed by atoms with Crippen LogP contribution in [0.25, 0.3) is 0 Å². The number of aliphatic carboxylic acids is 1. The van der Waals surface area contributed by atoms with E-state index in [0.29, 0.717) is 18.0 Å². The summed E-state index contributed by atoms with van der Waals surface area (Å²) in [5.41, 5.74) is -0.874. The molecule has 0 bridgehead atoms. The van der Waals surface area contributed by atoms with Crippen LogP contribution in [-0.2, 0) is 4.79 Å². The Morgan fingerprint density at radius 2 is 1.95 bits per heavy atom. The zero-order chi connectivity index (χ0) is 14.6. The van der Waals surface area contributed by atoms with E-state index >= 15 is 0 Å². The molecule has 1 aromatic rings. The summed E-state index contributed by atoms with van der Waals surface area (Å²) >= 11 is 1.32. The first kappa shape index (κ1) is 14.8. The summed E-state index contributed by atoms with van der Waals surface area (Å²) < 4.78 is 0. The van der Waals surface area contributed by atoms with E-state index in [4.69, 9.17) is 0 Å². The molecule has 20 heavy (non-hydrogen) atoms. The molecule has 1 amide bonds. The van der Waals surface area contributed by atoms with E-state index in [1.807, 2.05) is 0 Å². The van der Waals surface area contributed by atoms with Crippen molar-refractivity contribution < 1.29 is 14.7 Å². The van der Waals surface area contributed by atoms with Gasteiger partial charge in [0.15, 0.2) is 5.13 Å². The number of anilines is 1. The minimum Gasteiger partial charge on any atom is -0.480 e. The van der Waals surface area contributed by atoms with Gasteiger partial charge in [0.2, 0.25) is 0 Å². The number of amides is 1. The number of rotatable bonds is 4. The van der Waals surface area contributed by atoms with Gasteiger partial charge in [-0.25, -0.2) is 9.78 Å². The zero-order valence-corrected chi connectivity index (χ0v) is 12.3. The van der Waals surface area contributed by atoms with Crippen molar-refractivity contribution in [3.8, 4) is 0 Å². The third-order valence-electron chi connectivity index (χ3n) is 3.67. The molecule has 0 radical (unpaired) electrons. The molecule has 1 aromatic heterocycles. The topological polar surface area (TPSA) is 91.3 Å². The van der Waals surface area contributed by atoms with Gasteiger partial charge in [-0.2, -0.15) is 0 Å². The van der Waals surface area contributed by atoms with Gasteiger partial charge in [-0.1, -0.05) is 25.7 Å². The van der Waals surface area contributed by atoms with Gasteiger partial charge in [-0.3, -0.25) is 4.79 Å². The Kier molecular flexibility index (Phi) is 4.59. The summed E-state index contributed by atoms with van der Waals surface area (Å²) in [6.07, 6.45) is 4.65. The van der Waals surface area contributed by atoms with Gasteiger partial charge < -0.3 is 15.7 Å². The van der Waals surface area contributed by atoms with Crippen LogP contribution in [0.4, 0.5) is 5.13 Å². The number of nitrogens with zero attached hydrogens (tertiary/aromatic N) is 1. The number of hydrogen-bond acceptors (Lipinski definition) is 5. The highest BCUT2D eigenvalue weighted by Gasteiger charge is 2.40. The number of carboxylic acid groups (broad SMARTS) is 1. The van der Waals surface area contributed by atoms with Crippen LogP contribution in [0.1, 0.15) is 49.0 Å². The lowest BCUT2D eigenvalue weighted by molar-refractivity contribution is -0.145. The monoisotopic (exact) mass is 297 g/mol. The van der Waals surface area contributed by atoms with Crippen LogP contribution < -0.4 is 10.6 Å². The van der Waals surface area contributed by atoms with Crippen molar-refractivity contribution in [3.05, 3.63) is 11.1 Å². The smallest absolute Gasteiger partial charge is 0.329 e. The molecule has 0 atom stereocenters. The zero-order valence-electron chi connectivity index (χ0n) is 11.4. The maximum Gasteiger partial charge on any atom is 0.329 e. The largest absolute Gasteiger partial charge is 0.480 e. The lowest BCUT2D eigenvalue weighted by Crippen LogP contribution is -2.54. The molecule has 2 rings (SSSR count). The second-order valence-electron chi connectivity index (χ2n) is 5.04. The van der Waals surface area contributed by atoms with Gasteiger partial charge in [0.25, 0.3) is 5.91 Å². The fourth-order valence-electron chi connectivity index (χ4n) is 2.50. The molecule has 1 aliphatic carbocycles. The van der Waals surface area contributed by atoms with E-state index in [1.54, 1.807) is 12.4 Å². The normalized spacial score (nSPS) is 18.1. The molecule has 7 heteroatoms. The fourth-order valence-corrected chi connectivity index (χ4v) is 3.15. The standard InChI is InChI=1S/C13H19N3O3S/c1-14-12-15-9(8-20-12)10(17)16-13(11(18)19)6-4-2-3-5-7-13/h8H,2-7H2,1H3,(H,14,15)(H,16,17)(H,18,19). The summed E-state index contributed by atoms with van der Waals surface area (Å²) in [7, 11) is 1.73. The minimum absolute atomic E-state index is 0.268. The Balaban J connectivity index is 2.14. The molecule has 110 valence electrons. The third kappa shape index (κ3) is 3.09. The van der Waals surface area contributed by atoms with Crippen molar-refractivity contribution in [2.24, 2.45) is 0 Å². The average Bonchev–Trinajstić information content (AvgIpc) is 2.79. The molecule has 6 nitrogen and oxygen atoms in total. The molecule has 1 fully saturated rings. The Labute approximate surface area is 121 Å². The maximum absolute atomic E-state index is 12.2. The lowest BCUT2D eigenvalue weighted by Gasteiger charge is -2.28. The lowest BCUT2D eigenvalue weighted by atomic mass is 9.90. The van der Waals surface area contributed by atoms with E-state index in [2.05, 4.69) is 15.6 Å². The molecule has 1 aliphatic rings. The minimum atomic E-state index is -1.14. The Hall–Kier alpha value is -1.63. The van der Waals surface area contributed by atoms with Crippen LogP contribution in [0.5, 0.6) is 0 Å². The number of carbonyl (C=O) groups is 2. The van der Waals surface area contributed by atoms with Gasteiger partial charge in [0.1, 0.15) is 11.2 Å². The number of aromatic nitrogens is 1. The summed E-state index contributed by atoms with van der Waals surface area (Å²) in [5.74, 6) is -1.36. The van der Waals surface area contributed by atoms with Gasteiger partial charge in [-0.05, 0) is 12.8 Å². The molecule has 0 spiro atoms. The van der Waals surface area contributed by atoms with E-state index in [-0.39, 0.29) is 5.69 Å². The van der Waals surface area contributed by atoms with Crippen LogP contribution in [0.3, 0.4) is 0 Å². The molecule has 0 unspecified atom stereocenters. The molecular weight excluding hydrogens is 278 g/mol. The van der Waals surface area contributed by atoms with Crippen molar-refractivity contribution in [1.29, 1.82) is 0 Å². The van der Waals surface area contributed by atoms with E-state index in [0.717, 1.165) is 25.7 Å². The van der Waals surface area contributed by atoms with Crippen molar-refractivity contribution in [2.75, 3.05) is 12.4 Å². The highest BCUT2D eigenvalue weighted by molar-refractivity contribution is 7.13. The summed E-state index contributed by atoms with van der Waals surface area (Å²) in [6.45, 7) is 0. The second-order valence-corrected chi connectivity index (χ2v) is 5.90. The molecule has 0 saturated heterocycles. The quantitative estimate of drug-likeness (QED) is 0.740. The van der Waals surface area contributed by atoms with Crippen LogP contribution in [0.15, 0.2) is 5.38 Å². The summed E-state index contributed by atoms with van der Waals surface area (Å²) in [4.78, 5) is 27.9. The third-order valence-corrected chi connectivity index (χ3v) is 4.53. The number of hydrogen-bond donors (Lipinski definition) is 3. The predicted octanol–water partition coefficient (Wildman–Crippen LogP) is 2.09. The van der Waals surface area contributed by atoms with Crippen LogP contribution >= 0.6 is 11.3 Å². The number of nitrogens with one attached hydrogen (secondary N) is 2. The van der Waals surface area contributed by atoms with Crippen molar-refractivity contribution in [2.45, 2.75) is 44.1 Å². The predicted molar refractivity (Wildman–Crippen MR) is 77.2 cm³/mol. The van der Waals surface area contributed by atoms with Crippen molar-refractivity contribution >= 4 is 28.3 Å². The number of carboxylic acids is 1. The molecule has 1 saturated carbocycles. The van der Waals surface area contributed by atoms with Gasteiger partial charge in [0, 0.05) is 12.4 Å². The van der Waals surface area contributed by atoms with Crippen LogP contribution in [-0.4, -0.2) is 34.6 Å². The van der Waals surface area contributed by atoms with Gasteiger partial charge in [0.05, 0.1) is 0 Å². The molecule has 3 N–H and O–H groups in total. The first-order valence-corrected chi connectivity index (χ1v) is 7.64. The highest BCUT2D eigenvalue weighted by atomic mass is 32.1. The van der Waals surface area contributed by atoms with E-state index < -0.39 is 17.4 Å². The van der Waals surface area contributed by atoms with Crippen LogP contribution in [0, 0.1) is 0 Å². The SMILES string of the molecule is CNc1nc(C(=O)NC2(C(=O)O)CCCCCC2)cs1. The number of thiazole rings is 1. The van der Waals surface area contributed by atoms with Crippen molar-refractivity contribution in [3.63, 3.8) is 0 Å². The highest BCUT2D eigenvalue weighted by Crippen LogP contribution is 2.28. The second kappa shape index (κ2) is 6.21. The number of carbonyl (C=O) groups excluding carboxylic acids is 1. The van der Waals surface area contributed by atoms with E-state index in [9.17, 15) is 14.7 Å². The Morgan fingerprint density at radius 1 is 1.30 bits per heavy atom. The Bertz CT molecular complexity index is 493. The molecular formula is C13H19N3O3S. The average molecular weight is 297 g/mol. The first-order chi connectivity index (χ1) is 9.57. The maximum atomic E-state index is 12.2. The van der Waals surface area contributed by atoms with Gasteiger partial charge in [-0.15, -0.1) is 11.3 Å². The van der Waals surface area contributed by atoms with E-state index in [1.165, 1.54) is 11.3 Å². The first-order valence-electron chi connectivity index (χ1n) is 6.76. The molecule has 0 aliphatic heterocycles. The van der Waals surface area contributed by atoms with Gasteiger partial charge >= 0.3 is 5.97 Å². The molecule has 1 heterocycles. The Morgan fingerprint density at radius 3 is 2.45 bits per heavy atom. The summed E-state index contributed by atoms with van der Waals surface area (Å²) in [5, 5.41) is 17.4. The fraction of sp³-hybridized carbons (Fsp3) is 0.615. The summed E-state index contributed by atoms with van der Waals surface area (Å²) in [6, 6.07) is 0. The van der Waals surface area contributed by atoms with Crippen LogP contribution in [0.2, 0.25) is 0 Å².